The fourth-order valence-corrected chi connectivity index (χ4v) is 3.95. The molecule has 0 aromatic heterocycles. The maximum absolute atomic E-state index is 11.5. The Morgan fingerprint density at radius 3 is 2.39 bits per heavy atom. The van der Waals surface area contributed by atoms with Crippen molar-refractivity contribution >= 4 is 61.2 Å². The van der Waals surface area contributed by atoms with E-state index in [1.807, 2.05) is 0 Å². The topological polar surface area (TPSA) is 135 Å². The van der Waals surface area contributed by atoms with Crippen LogP contribution in [0.15, 0.2) is 81.9 Å². The number of hydrogen-bond acceptors (Lipinski definition) is 7. The van der Waals surface area contributed by atoms with Crippen LogP contribution in [0.1, 0.15) is 0 Å². The predicted molar refractivity (Wildman–Crippen MR) is 127 cm³/mol. The second-order valence-corrected chi connectivity index (χ2v) is 9.13. The number of ether oxygens (including phenoxy) is 1. The summed E-state index contributed by atoms with van der Waals surface area (Å²) in [5, 5.41) is 20.0. The molecule has 4 aromatic carbocycles. The van der Waals surface area contributed by atoms with Crippen molar-refractivity contribution < 1.29 is 22.8 Å². The Labute approximate surface area is 198 Å². The molecule has 4 aromatic rings. The van der Waals surface area contributed by atoms with E-state index in [9.17, 15) is 18.1 Å². The molecule has 0 amide bonds. The van der Waals surface area contributed by atoms with Crippen molar-refractivity contribution in [2.45, 2.75) is 4.90 Å². The Bertz CT molecular complexity index is 1520. The maximum Gasteiger partial charge on any atom is 0.294 e. The zero-order valence-corrected chi connectivity index (χ0v) is 18.9. The van der Waals surface area contributed by atoms with Crippen LogP contribution in [0, 0.1) is 0 Å². The predicted octanol–water partition coefficient (Wildman–Crippen LogP) is 6.89. The van der Waals surface area contributed by atoms with E-state index in [-0.39, 0.29) is 27.8 Å². The van der Waals surface area contributed by atoms with Crippen molar-refractivity contribution in [1.82, 2.24) is 0 Å². The van der Waals surface area contributed by atoms with E-state index in [1.165, 1.54) is 24.3 Å². The molecule has 0 saturated heterocycles. The van der Waals surface area contributed by atoms with Crippen molar-refractivity contribution in [1.29, 1.82) is 0 Å². The first kappa shape index (κ1) is 22.8. The first-order valence-electron chi connectivity index (χ1n) is 9.30. The Morgan fingerprint density at radius 1 is 0.909 bits per heavy atom. The number of nitrogens with zero attached hydrogens (tertiary/aromatic N) is 2. The number of nitrogens with two attached hydrogens (primary N) is 1. The third-order valence-corrected chi connectivity index (χ3v) is 5.99. The summed E-state index contributed by atoms with van der Waals surface area (Å²) in [6, 6.07) is 16.7. The van der Waals surface area contributed by atoms with Gasteiger partial charge in [-0.1, -0.05) is 41.4 Å². The van der Waals surface area contributed by atoms with Crippen LogP contribution in [0.3, 0.4) is 0 Å². The molecule has 4 rings (SSSR count). The molecule has 0 atom stereocenters. The van der Waals surface area contributed by atoms with Gasteiger partial charge in [-0.3, -0.25) is 4.55 Å². The van der Waals surface area contributed by atoms with Gasteiger partial charge in [-0.15, -0.1) is 10.2 Å². The average molecular weight is 504 g/mol. The van der Waals surface area contributed by atoms with Crippen LogP contribution in [-0.2, 0) is 10.1 Å². The largest absolute Gasteiger partial charge is 0.507 e. The van der Waals surface area contributed by atoms with E-state index >= 15 is 0 Å². The lowest BCUT2D eigenvalue weighted by Gasteiger charge is -2.11. The Kier molecular flexibility index (Phi) is 6.13. The van der Waals surface area contributed by atoms with Gasteiger partial charge in [-0.05, 0) is 47.9 Å². The molecule has 0 aliphatic carbocycles. The number of para-hydroxylation sites is 1. The summed E-state index contributed by atoms with van der Waals surface area (Å²) in [7, 11) is -4.53. The molecule has 4 N–H and O–H groups in total. The highest BCUT2D eigenvalue weighted by Gasteiger charge is 2.17. The van der Waals surface area contributed by atoms with Gasteiger partial charge in [-0.2, -0.15) is 8.42 Å². The van der Waals surface area contributed by atoms with Crippen LogP contribution in [0.4, 0.5) is 17.1 Å². The normalized spacial score (nSPS) is 11.8. The zero-order chi connectivity index (χ0) is 23.8. The molecular formula is C22H15Cl2N3O5S. The van der Waals surface area contributed by atoms with Gasteiger partial charge >= 0.3 is 0 Å². The molecule has 8 nitrogen and oxygen atoms in total. The standard InChI is InChI=1S/C22H15Cl2N3O5S/c23-13-6-8-20(32-19-4-2-1-3-15(19)24)17(10-13)26-27-22-16(25)7-5-12-9-14(33(29,30)31)11-18(28)21(12)22/h1-11,28H,25H2,(H,29,30,31). The van der Waals surface area contributed by atoms with E-state index in [0.717, 1.165) is 6.07 Å². The molecule has 0 aliphatic rings. The van der Waals surface area contributed by atoms with Gasteiger partial charge in [0.05, 0.1) is 21.0 Å². The third-order valence-electron chi connectivity index (χ3n) is 4.61. The van der Waals surface area contributed by atoms with Crippen LogP contribution in [-0.4, -0.2) is 18.1 Å². The maximum atomic E-state index is 11.5. The summed E-state index contributed by atoms with van der Waals surface area (Å²) in [5.41, 5.74) is 6.58. The lowest BCUT2D eigenvalue weighted by molar-refractivity contribution is 0.471. The number of phenols is 1. The molecule has 0 unspecified atom stereocenters. The number of phenolic OH excluding ortho intramolecular Hbond substituents is 1. The van der Waals surface area contributed by atoms with Crippen LogP contribution in [0.25, 0.3) is 10.8 Å². The Morgan fingerprint density at radius 2 is 1.67 bits per heavy atom. The number of benzene rings is 4. The lowest BCUT2D eigenvalue weighted by atomic mass is 10.1. The minimum absolute atomic E-state index is 0.0931. The van der Waals surface area contributed by atoms with Gasteiger partial charge in [0.15, 0.2) is 5.75 Å². The van der Waals surface area contributed by atoms with Gasteiger partial charge in [0.1, 0.15) is 22.9 Å². The summed E-state index contributed by atoms with van der Waals surface area (Å²) in [6.45, 7) is 0. The number of nitrogen functional groups attached to an aromatic ring is 1. The minimum atomic E-state index is -4.53. The van der Waals surface area contributed by atoms with Crippen molar-refractivity contribution in [3.05, 3.63) is 76.8 Å². The van der Waals surface area contributed by atoms with Crippen LogP contribution < -0.4 is 10.5 Å². The second-order valence-electron chi connectivity index (χ2n) is 6.86. The average Bonchev–Trinajstić information content (AvgIpc) is 2.75. The zero-order valence-electron chi connectivity index (χ0n) is 16.6. The lowest BCUT2D eigenvalue weighted by Crippen LogP contribution is -1.98. The molecule has 11 heteroatoms. The fraction of sp³-hybridized carbons (Fsp3) is 0. The van der Waals surface area contributed by atoms with E-state index in [1.54, 1.807) is 36.4 Å². The number of azo groups is 1. The number of fused-ring (bicyclic) bond motifs is 1. The van der Waals surface area contributed by atoms with Gasteiger partial charge in [0.2, 0.25) is 0 Å². The first-order valence-corrected chi connectivity index (χ1v) is 11.5. The first-order chi connectivity index (χ1) is 15.6. The summed E-state index contributed by atoms with van der Waals surface area (Å²) < 4.78 is 38.1. The summed E-state index contributed by atoms with van der Waals surface area (Å²) >= 11 is 12.3. The molecule has 0 aliphatic heterocycles. The van der Waals surface area contributed by atoms with E-state index in [2.05, 4.69) is 10.2 Å². The Hall–Kier alpha value is -3.37. The molecule has 0 radical (unpaired) electrons. The van der Waals surface area contributed by atoms with Gasteiger partial charge < -0.3 is 15.6 Å². The third kappa shape index (κ3) is 4.86. The SMILES string of the molecule is Nc1ccc2cc(S(=O)(=O)O)cc(O)c2c1N=Nc1cc(Cl)ccc1Oc1ccccc1Cl. The molecule has 33 heavy (non-hydrogen) atoms. The van der Waals surface area contributed by atoms with Crippen molar-refractivity contribution in [3.8, 4) is 17.2 Å². The van der Waals surface area contributed by atoms with Crippen molar-refractivity contribution in [3.63, 3.8) is 0 Å². The van der Waals surface area contributed by atoms with Gasteiger partial charge in [-0.25, -0.2) is 0 Å². The second kappa shape index (κ2) is 8.87. The fourth-order valence-electron chi connectivity index (χ4n) is 3.08. The number of hydrogen-bond donors (Lipinski definition) is 3. The molecule has 0 saturated carbocycles. The molecule has 0 heterocycles. The molecule has 168 valence electrons. The summed E-state index contributed by atoms with van der Waals surface area (Å²) in [4.78, 5) is -0.467. The molecular weight excluding hydrogens is 489 g/mol. The highest BCUT2D eigenvalue weighted by atomic mass is 35.5. The number of anilines is 1. The van der Waals surface area contributed by atoms with Crippen molar-refractivity contribution in [2.75, 3.05) is 5.73 Å². The summed E-state index contributed by atoms with van der Waals surface area (Å²) in [6.07, 6.45) is 0. The number of aromatic hydroxyl groups is 1. The minimum Gasteiger partial charge on any atom is -0.507 e. The molecule has 0 spiro atoms. The van der Waals surface area contributed by atoms with Gasteiger partial charge in [0, 0.05) is 11.1 Å². The van der Waals surface area contributed by atoms with Gasteiger partial charge in [0.25, 0.3) is 10.1 Å². The quantitative estimate of drug-likeness (QED) is 0.154. The highest BCUT2D eigenvalue weighted by molar-refractivity contribution is 7.85. The van der Waals surface area contributed by atoms with Crippen LogP contribution in [0.5, 0.6) is 17.2 Å². The number of rotatable bonds is 5. The smallest absolute Gasteiger partial charge is 0.294 e. The monoisotopic (exact) mass is 503 g/mol. The number of halogens is 2. The van der Waals surface area contributed by atoms with Crippen molar-refractivity contribution in [2.24, 2.45) is 10.2 Å². The highest BCUT2D eigenvalue weighted by Crippen LogP contribution is 2.42. The Balaban J connectivity index is 1.81. The van der Waals surface area contributed by atoms with E-state index in [4.69, 9.17) is 33.7 Å². The molecule has 0 bridgehead atoms. The summed E-state index contributed by atoms with van der Waals surface area (Å²) in [5.74, 6) is 0.269. The van der Waals surface area contributed by atoms with E-state index < -0.39 is 20.8 Å². The van der Waals surface area contributed by atoms with E-state index in [0.29, 0.717) is 21.5 Å². The molecule has 0 fully saturated rings. The van der Waals surface area contributed by atoms with Crippen LogP contribution in [0.2, 0.25) is 10.0 Å². The van der Waals surface area contributed by atoms with Crippen LogP contribution >= 0.6 is 23.2 Å².